The van der Waals surface area contributed by atoms with Crippen molar-refractivity contribution in [1.29, 1.82) is 0 Å². The van der Waals surface area contributed by atoms with Crippen LogP contribution in [0.2, 0.25) is 0 Å². The van der Waals surface area contributed by atoms with E-state index in [0.29, 0.717) is 18.0 Å². The third kappa shape index (κ3) is 2.84. The van der Waals surface area contributed by atoms with Crippen LogP contribution >= 0.6 is 0 Å². The zero-order valence-electron chi connectivity index (χ0n) is 11.6. The van der Waals surface area contributed by atoms with Gasteiger partial charge in [0, 0.05) is 18.8 Å². The molecule has 0 fully saturated rings. The van der Waals surface area contributed by atoms with Crippen LogP contribution in [0.25, 0.3) is 11.6 Å². The fraction of sp³-hybridized carbons (Fsp3) is 0.154. The first kappa shape index (κ1) is 14.3. The molecule has 0 amide bonds. The van der Waals surface area contributed by atoms with Crippen LogP contribution in [-0.2, 0) is 16.4 Å². The van der Waals surface area contributed by atoms with Crippen molar-refractivity contribution in [2.45, 2.75) is 18.2 Å². The lowest BCUT2D eigenvalue weighted by Gasteiger charge is -2.04. The minimum Gasteiger partial charge on any atom is -0.419 e. The van der Waals surface area contributed by atoms with E-state index in [1.165, 1.54) is 18.5 Å². The van der Waals surface area contributed by atoms with Crippen molar-refractivity contribution >= 4 is 15.8 Å². The summed E-state index contributed by atoms with van der Waals surface area (Å²) < 4.78 is 32.3. The van der Waals surface area contributed by atoms with Gasteiger partial charge in [-0.3, -0.25) is 4.72 Å². The average Bonchev–Trinajstić information content (AvgIpc) is 3.17. The van der Waals surface area contributed by atoms with Gasteiger partial charge in [0.25, 0.3) is 15.9 Å². The van der Waals surface area contributed by atoms with E-state index in [1.54, 1.807) is 18.2 Å². The monoisotopic (exact) mass is 319 g/mol. The van der Waals surface area contributed by atoms with E-state index in [0.717, 1.165) is 0 Å². The van der Waals surface area contributed by atoms with E-state index in [4.69, 9.17) is 4.42 Å². The molecule has 0 saturated carbocycles. The molecule has 114 valence electrons. The Morgan fingerprint density at radius 2 is 2.18 bits per heavy atom. The molecule has 0 radical (unpaired) electrons. The molecular formula is C13H13N5O3S. The number of aromatic nitrogens is 4. The Labute approximate surface area is 126 Å². The highest BCUT2D eigenvalue weighted by atomic mass is 32.2. The minimum atomic E-state index is -3.73. The maximum absolute atomic E-state index is 12.3. The van der Waals surface area contributed by atoms with Crippen LogP contribution in [0.3, 0.4) is 0 Å². The lowest BCUT2D eigenvalue weighted by molar-refractivity contribution is 0.511. The number of H-pyrrole nitrogens is 1. The maximum atomic E-state index is 12.3. The molecule has 0 unspecified atom stereocenters. The van der Waals surface area contributed by atoms with Gasteiger partial charge in [0.2, 0.25) is 5.89 Å². The molecule has 3 rings (SSSR count). The van der Waals surface area contributed by atoms with Crippen LogP contribution in [0, 0.1) is 0 Å². The van der Waals surface area contributed by atoms with Crippen molar-refractivity contribution in [2.24, 2.45) is 0 Å². The molecule has 3 aromatic heterocycles. The van der Waals surface area contributed by atoms with Crippen molar-refractivity contribution in [3.8, 4) is 11.6 Å². The molecule has 8 nitrogen and oxygen atoms in total. The molecule has 9 heteroatoms. The molecule has 0 saturated heterocycles. The lowest BCUT2D eigenvalue weighted by Crippen LogP contribution is -2.12. The van der Waals surface area contributed by atoms with E-state index in [2.05, 4.69) is 24.9 Å². The normalized spacial score (nSPS) is 11.5. The van der Waals surface area contributed by atoms with E-state index >= 15 is 0 Å². The van der Waals surface area contributed by atoms with Gasteiger partial charge < -0.3 is 9.40 Å². The van der Waals surface area contributed by atoms with Gasteiger partial charge in [-0.2, -0.15) is 0 Å². The Bertz CT molecular complexity index is 870. The van der Waals surface area contributed by atoms with Crippen molar-refractivity contribution in [3.05, 3.63) is 42.5 Å². The zero-order valence-corrected chi connectivity index (χ0v) is 12.5. The molecule has 0 aliphatic heterocycles. The van der Waals surface area contributed by atoms with E-state index in [1.807, 2.05) is 6.92 Å². The number of anilines is 1. The first-order valence-electron chi connectivity index (χ1n) is 6.53. The standard InChI is InChI=1S/C13H13N5O3S/c1-2-12-16-17-13(21-12)10-7-9(8-15-10)22(19,20)18-11-5-3-4-6-14-11/h3-8,15H,2H2,1H3,(H,14,18). The van der Waals surface area contributed by atoms with Crippen LogP contribution in [0.1, 0.15) is 12.8 Å². The summed E-state index contributed by atoms with van der Waals surface area (Å²) in [6, 6.07) is 6.39. The molecule has 0 aromatic carbocycles. The van der Waals surface area contributed by atoms with Crippen LogP contribution < -0.4 is 4.72 Å². The molecule has 0 aliphatic rings. The van der Waals surface area contributed by atoms with Gasteiger partial charge in [-0.25, -0.2) is 13.4 Å². The molecule has 2 N–H and O–H groups in total. The van der Waals surface area contributed by atoms with Gasteiger partial charge >= 0.3 is 0 Å². The number of aryl methyl sites for hydroxylation is 1. The van der Waals surface area contributed by atoms with E-state index in [-0.39, 0.29) is 16.6 Å². The largest absolute Gasteiger partial charge is 0.419 e. The number of rotatable bonds is 5. The lowest BCUT2D eigenvalue weighted by atomic mass is 10.4. The second-order valence-corrected chi connectivity index (χ2v) is 6.11. The molecular weight excluding hydrogens is 306 g/mol. The second-order valence-electron chi connectivity index (χ2n) is 4.42. The van der Waals surface area contributed by atoms with E-state index in [9.17, 15) is 8.42 Å². The summed E-state index contributed by atoms with van der Waals surface area (Å²) in [7, 11) is -3.73. The number of nitrogens with one attached hydrogen (secondary N) is 2. The van der Waals surface area contributed by atoms with Crippen molar-refractivity contribution in [1.82, 2.24) is 20.2 Å². The van der Waals surface area contributed by atoms with Crippen molar-refractivity contribution in [3.63, 3.8) is 0 Å². The summed E-state index contributed by atoms with van der Waals surface area (Å²) in [6.45, 7) is 1.89. The number of hydrogen-bond donors (Lipinski definition) is 2. The Morgan fingerprint density at radius 1 is 1.32 bits per heavy atom. The summed E-state index contributed by atoms with van der Waals surface area (Å²) >= 11 is 0. The van der Waals surface area contributed by atoms with E-state index < -0.39 is 10.0 Å². The topological polar surface area (TPSA) is 114 Å². The fourth-order valence-corrected chi connectivity index (χ4v) is 2.78. The summed E-state index contributed by atoms with van der Waals surface area (Å²) in [5.74, 6) is 0.980. The van der Waals surface area contributed by atoms with Crippen LogP contribution in [0.5, 0.6) is 0 Å². The molecule has 0 spiro atoms. The minimum absolute atomic E-state index is 0.0596. The average molecular weight is 319 g/mol. The number of nitrogens with zero attached hydrogens (tertiary/aromatic N) is 3. The predicted octanol–water partition coefficient (Wildman–Crippen LogP) is 1.82. The summed E-state index contributed by atoms with van der Waals surface area (Å²) in [5, 5.41) is 7.70. The highest BCUT2D eigenvalue weighted by Crippen LogP contribution is 2.21. The number of sulfonamides is 1. The SMILES string of the molecule is CCc1nnc(-c2cc(S(=O)(=O)Nc3ccccn3)c[nH]2)o1. The highest BCUT2D eigenvalue weighted by Gasteiger charge is 2.19. The first-order valence-corrected chi connectivity index (χ1v) is 8.02. The molecule has 22 heavy (non-hydrogen) atoms. The van der Waals surface area contributed by atoms with Gasteiger partial charge in [0.1, 0.15) is 16.4 Å². The molecule has 0 aliphatic carbocycles. The fourth-order valence-electron chi connectivity index (χ4n) is 1.78. The maximum Gasteiger partial charge on any atom is 0.264 e. The van der Waals surface area contributed by atoms with Gasteiger partial charge in [0.15, 0.2) is 0 Å². The van der Waals surface area contributed by atoms with Gasteiger partial charge in [0.05, 0.1) is 0 Å². The van der Waals surface area contributed by atoms with Gasteiger partial charge in [-0.1, -0.05) is 13.0 Å². The third-order valence-electron chi connectivity index (χ3n) is 2.87. The second kappa shape index (κ2) is 5.60. The Kier molecular flexibility index (Phi) is 3.63. The van der Waals surface area contributed by atoms with Crippen LogP contribution in [0.4, 0.5) is 5.82 Å². The summed E-state index contributed by atoms with van der Waals surface area (Å²) in [5.41, 5.74) is 0.439. The predicted molar refractivity (Wildman–Crippen MR) is 78.5 cm³/mol. The Balaban J connectivity index is 1.86. The number of pyridine rings is 1. The van der Waals surface area contributed by atoms with Crippen molar-refractivity contribution < 1.29 is 12.8 Å². The zero-order chi connectivity index (χ0) is 15.6. The number of hydrogen-bond acceptors (Lipinski definition) is 6. The number of aromatic amines is 1. The molecule has 0 atom stereocenters. The molecule has 3 heterocycles. The Morgan fingerprint density at radius 3 is 2.86 bits per heavy atom. The summed E-state index contributed by atoms with van der Waals surface area (Å²) in [4.78, 5) is 6.80. The summed E-state index contributed by atoms with van der Waals surface area (Å²) in [6.07, 6.45) is 3.47. The molecule has 3 aromatic rings. The van der Waals surface area contributed by atoms with Crippen LogP contribution in [-0.4, -0.2) is 28.6 Å². The third-order valence-corrected chi connectivity index (χ3v) is 4.20. The Hall–Kier alpha value is -2.68. The van der Waals surface area contributed by atoms with Crippen molar-refractivity contribution in [2.75, 3.05) is 4.72 Å². The van der Waals surface area contributed by atoms with Gasteiger partial charge in [-0.15, -0.1) is 10.2 Å². The van der Waals surface area contributed by atoms with Crippen LogP contribution in [0.15, 0.2) is 46.0 Å². The smallest absolute Gasteiger partial charge is 0.264 e. The first-order chi connectivity index (χ1) is 10.6. The quantitative estimate of drug-likeness (QED) is 0.741. The van der Waals surface area contributed by atoms with Gasteiger partial charge in [-0.05, 0) is 18.2 Å². The molecule has 0 bridgehead atoms. The highest BCUT2D eigenvalue weighted by molar-refractivity contribution is 7.92.